The van der Waals surface area contributed by atoms with E-state index < -0.39 is 20.8 Å². The van der Waals surface area contributed by atoms with Crippen LogP contribution in [0.5, 0.6) is 0 Å². The number of nitrogens with zero attached hydrogens (tertiary/aromatic N) is 3. The zero-order valence-electron chi connectivity index (χ0n) is 9.85. The number of ketones is 1. The van der Waals surface area contributed by atoms with Crippen molar-refractivity contribution < 1.29 is 18.1 Å². The Morgan fingerprint density at radius 1 is 1.26 bits per heavy atom. The smallest absolute Gasteiger partial charge is 0.358 e. The second-order valence-corrected chi connectivity index (χ2v) is 5.99. The van der Waals surface area contributed by atoms with Crippen molar-refractivity contribution in [1.29, 1.82) is 0 Å². The minimum absolute atomic E-state index is 0.0354. The molecule has 0 N–H and O–H groups in total. The van der Waals surface area contributed by atoms with Crippen LogP contribution < -0.4 is 0 Å². The summed E-state index contributed by atoms with van der Waals surface area (Å²) in [6.45, 7) is 0.274. The highest BCUT2D eigenvalue weighted by Crippen LogP contribution is 2.20. The summed E-state index contributed by atoms with van der Waals surface area (Å²) in [6, 6.07) is 2.19. The van der Waals surface area contributed by atoms with E-state index in [2.05, 4.69) is 4.98 Å². The van der Waals surface area contributed by atoms with Crippen LogP contribution in [0.25, 0.3) is 0 Å². The highest BCUT2D eigenvalue weighted by molar-refractivity contribution is 7.89. The Kier molecular flexibility index (Phi) is 3.58. The summed E-state index contributed by atoms with van der Waals surface area (Å²) >= 11 is 0. The molecule has 1 aliphatic rings. The number of piperidine rings is 1. The van der Waals surface area contributed by atoms with Gasteiger partial charge in [0.2, 0.25) is 10.0 Å². The number of hydrogen-bond donors (Lipinski definition) is 0. The molecule has 0 atom stereocenters. The largest absolute Gasteiger partial charge is 0.363 e. The average Bonchev–Trinajstić information content (AvgIpc) is 2.39. The maximum atomic E-state index is 12.2. The van der Waals surface area contributed by atoms with Crippen LogP contribution in [0.1, 0.15) is 12.8 Å². The van der Waals surface area contributed by atoms with E-state index in [9.17, 15) is 23.3 Å². The van der Waals surface area contributed by atoms with Crippen molar-refractivity contribution in [3.63, 3.8) is 0 Å². The summed E-state index contributed by atoms with van der Waals surface area (Å²) in [7, 11) is -3.73. The van der Waals surface area contributed by atoms with Gasteiger partial charge in [0.25, 0.3) is 0 Å². The molecule has 1 saturated heterocycles. The number of aromatic nitrogens is 1. The van der Waals surface area contributed by atoms with E-state index in [1.807, 2.05) is 0 Å². The Morgan fingerprint density at radius 2 is 1.89 bits per heavy atom. The molecule has 2 rings (SSSR count). The van der Waals surface area contributed by atoms with Gasteiger partial charge in [-0.25, -0.2) is 8.42 Å². The van der Waals surface area contributed by atoms with E-state index in [-0.39, 0.29) is 36.6 Å². The highest BCUT2D eigenvalue weighted by Gasteiger charge is 2.29. The monoisotopic (exact) mass is 285 g/mol. The number of nitro groups is 1. The Bertz CT molecular complexity index is 601. The Morgan fingerprint density at radius 3 is 2.37 bits per heavy atom. The first-order valence-corrected chi connectivity index (χ1v) is 6.97. The molecule has 0 aromatic carbocycles. The van der Waals surface area contributed by atoms with Crippen LogP contribution in [0.3, 0.4) is 0 Å². The molecule has 8 nitrogen and oxygen atoms in total. The van der Waals surface area contributed by atoms with Crippen molar-refractivity contribution >= 4 is 21.6 Å². The number of rotatable bonds is 3. The molecule has 1 fully saturated rings. The van der Waals surface area contributed by atoms with E-state index in [4.69, 9.17) is 0 Å². The van der Waals surface area contributed by atoms with E-state index in [1.165, 1.54) is 4.31 Å². The average molecular weight is 285 g/mol. The van der Waals surface area contributed by atoms with E-state index in [1.54, 1.807) is 0 Å². The van der Waals surface area contributed by atoms with Crippen molar-refractivity contribution in [2.45, 2.75) is 17.7 Å². The SMILES string of the molecule is O=C1CCN(S(=O)(=O)c2ccc([N+](=O)[O-])nc2)CC1. The Hall–Kier alpha value is -1.87. The minimum atomic E-state index is -3.73. The van der Waals surface area contributed by atoms with Gasteiger partial charge in [-0.2, -0.15) is 4.31 Å². The first kappa shape index (κ1) is 13.6. The summed E-state index contributed by atoms with van der Waals surface area (Å²) in [5, 5.41) is 10.4. The van der Waals surface area contributed by atoms with E-state index in [0.717, 1.165) is 18.3 Å². The number of hydrogen-bond acceptors (Lipinski definition) is 6. The van der Waals surface area contributed by atoms with E-state index in [0.29, 0.717) is 0 Å². The van der Waals surface area contributed by atoms with Gasteiger partial charge in [0.15, 0.2) is 6.20 Å². The highest BCUT2D eigenvalue weighted by atomic mass is 32.2. The lowest BCUT2D eigenvalue weighted by Gasteiger charge is -2.24. The molecule has 0 bridgehead atoms. The Labute approximate surface area is 109 Å². The molecule has 0 unspecified atom stereocenters. The van der Waals surface area contributed by atoms with Crippen LogP contribution in [0, 0.1) is 10.1 Å². The van der Waals surface area contributed by atoms with Crippen molar-refractivity contribution in [2.75, 3.05) is 13.1 Å². The van der Waals surface area contributed by atoms with Gasteiger partial charge in [-0.05, 0) is 16.0 Å². The molecule has 1 aromatic rings. The molecule has 0 amide bonds. The summed E-state index contributed by atoms with van der Waals surface area (Å²) in [6.07, 6.45) is 1.35. The van der Waals surface area contributed by atoms with Gasteiger partial charge < -0.3 is 10.1 Å². The van der Waals surface area contributed by atoms with Crippen LogP contribution in [0.4, 0.5) is 5.82 Å². The standard InChI is InChI=1S/C10H11N3O5S/c14-8-3-5-12(6-4-8)19(17,18)9-1-2-10(11-7-9)13(15)16/h1-2,7H,3-6H2. The number of carbonyl (C=O) groups excluding carboxylic acids is 1. The fraction of sp³-hybridized carbons (Fsp3) is 0.400. The summed E-state index contributed by atoms with van der Waals surface area (Å²) in [5.74, 6) is -0.374. The summed E-state index contributed by atoms with van der Waals surface area (Å²) < 4.78 is 25.6. The van der Waals surface area contributed by atoms with Gasteiger partial charge in [0.1, 0.15) is 10.7 Å². The molecular weight excluding hydrogens is 274 g/mol. The molecule has 0 radical (unpaired) electrons. The van der Waals surface area contributed by atoms with Crippen LogP contribution in [-0.4, -0.2) is 41.5 Å². The second-order valence-electron chi connectivity index (χ2n) is 4.05. The second kappa shape index (κ2) is 5.02. The van der Waals surface area contributed by atoms with Crippen LogP contribution in [-0.2, 0) is 14.8 Å². The molecule has 19 heavy (non-hydrogen) atoms. The van der Waals surface area contributed by atoms with Gasteiger partial charge in [0, 0.05) is 32.0 Å². The molecule has 0 aliphatic carbocycles. The molecule has 2 heterocycles. The van der Waals surface area contributed by atoms with Gasteiger partial charge in [-0.15, -0.1) is 0 Å². The number of Topliss-reactive ketones (excluding diaryl/α,β-unsaturated/α-hetero) is 1. The van der Waals surface area contributed by atoms with Crippen LogP contribution in [0.15, 0.2) is 23.2 Å². The third-order valence-corrected chi connectivity index (χ3v) is 4.71. The maximum Gasteiger partial charge on any atom is 0.363 e. The van der Waals surface area contributed by atoms with Crippen LogP contribution in [0.2, 0.25) is 0 Å². The molecule has 102 valence electrons. The minimum Gasteiger partial charge on any atom is -0.358 e. The number of sulfonamides is 1. The molecule has 1 aromatic heterocycles. The number of carbonyl (C=O) groups is 1. The third kappa shape index (κ3) is 2.76. The quantitative estimate of drug-likeness (QED) is 0.585. The molecule has 9 heteroatoms. The van der Waals surface area contributed by atoms with Crippen molar-refractivity contribution in [3.8, 4) is 0 Å². The first-order valence-electron chi connectivity index (χ1n) is 5.53. The third-order valence-electron chi connectivity index (χ3n) is 2.83. The topological polar surface area (TPSA) is 110 Å². The lowest BCUT2D eigenvalue weighted by molar-refractivity contribution is -0.389. The van der Waals surface area contributed by atoms with Crippen LogP contribution >= 0.6 is 0 Å². The lowest BCUT2D eigenvalue weighted by atomic mass is 10.1. The molecule has 1 aliphatic heterocycles. The normalized spacial score (nSPS) is 17.4. The predicted octanol–water partition coefficient (Wildman–Crippen LogP) is 0.343. The van der Waals surface area contributed by atoms with E-state index >= 15 is 0 Å². The maximum absolute atomic E-state index is 12.2. The predicted molar refractivity (Wildman–Crippen MR) is 63.9 cm³/mol. The Balaban J connectivity index is 2.24. The van der Waals surface area contributed by atoms with Gasteiger partial charge in [-0.1, -0.05) is 0 Å². The first-order chi connectivity index (χ1) is 8.91. The zero-order chi connectivity index (χ0) is 14.0. The fourth-order valence-corrected chi connectivity index (χ4v) is 3.15. The van der Waals surface area contributed by atoms with Gasteiger partial charge in [-0.3, -0.25) is 4.79 Å². The molecular formula is C10H11N3O5S. The van der Waals surface area contributed by atoms with Gasteiger partial charge >= 0.3 is 5.82 Å². The number of pyridine rings is 1. The fourth-order valence-electron chi connectivity index (χ4n) is 1.76. The van der Waals surface area contributed by atoms with Crippen molar-refractivity contribution in [1.82, 2.24) is 9.29 Å². The summed E-state index contributed by atoms with van der Waals surface area (Å²) in [5.41, 5.74) is 0. The van der Waals surface area contributed by atoms with Crippen molar-refractivity contribution in [3.05, 3.63) is 28.4 Å². The zero-order valence-corrected chi connectivity index (χ0v) is 10.7. The lowest BCUT2D eigenvalue weighted by Crippen LogP contribution is -2.38. The van der Waals surface area contributed by atoms with Gasteiger partial charge in [0.05, 0.1) is 0 Å². The molecule has 0 saturated carbocycles. The molecule has 0 spiro atoms. The van der Waals surface area contributed by atoms with Crippen molar-refractivity contribution in [2.24, 2.45) is 0 Å². The summed E-state index contributed by atoms with van der Waals surface area (Å²) in [4.78, 5) is 24.2.